The highest BCUT2D eigenvalue weighted by atomic mass is 32.2. The van der Waals surface area contributed by atoms with E-state index in [2.05, 4.69) is 27.0 Å². The number of piperazine rings is 1. The summed E-state index contributed by atoms with van der Waals surface area (Å²) in [5.41, 5.74) is 0. The topological polar surface area (TPSA) is 74.2 Å². The highest BCUT2D eigenvalue weighted by molar-refractivity contribution is 7.90. The zero-order chi connectivity index (χ0) is 19.3. The van der Waals surface area contributed by atoms with Crippen LogP contribution in [0, 0.1) is 11.8 Å². The van der Waals surface area contributed by atoms with Gasteiger partial charge in [0.15, 0.2) is 5.96 Å². The number of hydrogen-bond donors (Lipinski definition) is 1. The standard InChI is InChI=1S/C19H36N4O3S/c1-3-20-19(21-6-11-26-12-13-27(2,24)25)23-9-7-22(8-10-23)18-15-16-4-5-17(18)14-16/h16-18H,3-15H2,1-2H3,(H,20,21). The first kappa shape index (κ1) is 20.9. The lowest BCUT2D eigenvalue weighted by Gasteiger charge is -2.42. The van der Waals surface area contributed by atoms with Crippen LogP contribution in [0.5, 0.6) is 0 Å². The molecule has 3 fully saturated rings. The summed E-state index contributed by atoms with van der Waals surface area (Å²) in [7, 11) is -2.96. The minimum absolute atomic E-state index is 0.0712. The lowest BCUT2D eigenvalue weighted by atomic mass is 9.93. The van der Waals surface area contributed by atoms with E-state index in [1.54, 1.807) is 0 Å². The van der Waals surface area contributed by atoms with Crippen molar-refractivity contribution in [3.63, 3.8) is 0 Å². The number of guanidine groups is 1. The number of nitrogens with one attached hydrogen (secondary N) is 1. The van der Waals surface area contributed by atoms with E-state index in [-0.39, 0.29) is 12.4 Å². The largest absolute Gasteiger partial charge is 0.378 e. The van der Waals surface area contributed by atoms with Crippen molar-refractivity contribution in [2.45, 2.75) is 38.6 Å². The van der Waals surface area contributed by atoms with Gasteiger partial charge in [0.25, 0.3) is 0 Å². The van der Waals surface area contributed by atoms with Gasteiger partial charge in [-0.25, -0.2) is 8.42 Å². The maximum atomic E-state index is 11.1. The lowest BCUT2D eigenvalue weighted by Crippen LogP contribution is -2.55. The van der Waals surface area contributed by atoms with E-state index in [4.69, 9.17) is 4.74 Å². The molecular weight excluding hydrogens is 364 g/mol. The summed E-state index contributed by atoms with van der Waals surface area (Å²) in [6.45, 7) is 8.49. The molecule has 0 amide bonds. The zero-order valence-electron chi connectivity index (χ0n) is 16.9. The van der Waals surface area contributed by atoms with Gasteiger partial charge in [0.1, 0.15) is 9.84 Å². The maximum Gasteiger partial charge on any atom is 0.194 e. The van der Waals surface area contributed by atoms with Crippen molar-refractivity contribution in [3.05, 3.63) is 0 Å². The normalized spacial score (nSPS) is 29.5. The number of sulfone groups is 1. The molecule has 0 aromatic carbocycles. The number of hydrogen-bond acceptors (Lipinski definition) is 5. The monoisotopic (exact) mass is 400 g/mol. The SMILES string of the molecule is CCNC(=NCCOCCS(C)(=O)=O)N1CCN(C2CC3CCC2C3)CC1. The van der Waals surface area contributed by atoms with Crippen molar-refractivity contribution < 1.29 is 13.2 Å². The summed E-state index contributed by atoms with van der Waals surface area (Å²) in [5.74, 6) is 2.98. The molecule has 2 bridgehead atoms. The minimum atomic E-state index is -2.96. The third-order valence-corrected chi connectivity index (χ3v) is 7.12. The molecule has 0 radical (unpaired) electrons. The second-order valence-corrected chi connectivity index (χ2v) is 10.5. The Balaban J connectivity index is 1.40. The fraction of sp³-hybridized carbons (Fsp3) is 0.947. The van der Waals surface area contributed by atoms with Crippen LogP contribution in [0.25, 0.3) is 0 Å². The molecule has 1 heterocycles. The van der Waals surface area contributed by atoms with Crippen LogP contribution in [0.4, 0.5) is 0 Å². The Morgan fingerprint density at radius 2 is 1.93 bits per heavy atom. The second-order valence-electron chi connectivity index (χ2n) is 8.24. The molecule has 0 aromatic heterocycles. The molecule has 1 aliphatic heterocycles. The van der Waals surface area contributed by atoms with Gasteiger partial charge in [-0.15, -0.1) is 0 Å². The van der Waals surface area contributed by atoms with E-state index < -0.39 is 9.84 Å². The molecule has 0 aromatic rings. The molecule has 1 saturated heterocycles. The van der Waals surface area contributed by atoms with E-state index in [1.165, 1.54) is 31.9 Å². The van der Waals surface area contributed by atoms with E-state index in [9.17, 15) is 8.42 Å². The first-order chi connectivity index (χ1) is 13.0. The van der Waals surface area contributed by atoms with E-state index >= 15 is 0 Å². The summed E-state index contributed by atoms with van der Waals surface area (Å²) >= 11 is 0. The minimum Gasteiger partial charge on any atom is -0.378 e. The highest BCUT2D eigenvalue weighted by Gasteiger charge is 2.42. The van der Waals surface area contributed by atoms with Crippen molar-refractivity contribution in [1.82, 2.24) is 15.1 Å². The van der Waals surface area contributed by atoms with E-state index in [0.29, 0.717) is 13.2 Å². The maximum absolute atomic E-state index is 11.1. The molecule has 3 aliphatic rings. The Kier molecular flexibility index (Phi) is 7.39. The van der Waals surface area contributed by atoms with Crippen LogP contribution in [0.2, 0.25) is 0 Å². The Morgan fingerprint density at radius 1 is 1.15 bits per heavy atom. The number of aliphatic imine (C=N–C) groups is 1. The third-order valence-electron chi connectivity index (χ3n) is 6.21. The molecule has 156 valence electrons. The number of rotatable bonds is 8. The van der Waals surface area contributed by atoms with Gasteiger partial charge in [0.2, 0.25) is 0 Å². The smallest absolute Gasteiger partial charge is 0.194 e. The van der Waals surface area contributed by atoms with Crippen molar-refractivity contribution >= 4 is 15.8 Å². The summed E-state index contributed by atoms with van der Waals surface area (Å²) in [4.78, 5) is 9.74. The first-order valence-corrected chi connectivity index (χ1v) is 12.5. The van der Waals surface area contributed by atoms with Crippen molar-refractivity contribution in [2.24, 2.45) is 16.8 Å². The summed E-state index contributed by atoms with van der Waals surface area (Å²) < 4.78 is 27.6. The van der Waals surface area contributed by atoms with Crippen LogP contribution >= 0.6 is 0 Å². The predicted octanol–water partition coefficient (Wildman–Crippen LogP) is 0.819. The molecule has 1 N–H and O–H groups in total. The number of fused-ring (bicyclic) bond motifs is 2. The van der Waals surface area contributed by atoms with E-state index in [1.807, 2.05) is 0 Å². The molecular formula is C19H36N4O3S. The predicted molar refractivity (Wildman–Crippen MR) is 109 cm³/mol. The van der Waals surface area contributed by atoms with Crippen LogP contribution < -0.4 is 5.32 Å². The lowest BCUT2D eigenvalue weighted by molar-refractivity contribution is 0.0956. The average molecular weight is 401 g/mol. The summed E-state index contributed by atoms with van der Waals surface area (Å²) in [5, 5.41) is 3.38. The van der Waals surface area contributed by atoms with Crippen molar-refractivity contribution in [1.29, 1.82) is 0 Å². The molecule has 2 aliphatic carbocycles. The van der Waals surface area contributed by atoms with Gasteiger partial charge in [-0.2, -0.15) is 0 Å². The van der Waals surface area contributed by atoms with Gasteiger partial charge in [-0.1, -0.05) is 6.42 Å². The molecule has 7 nitrogen and oxygen atoms in total. The summed E-state index contributed by atoms with van der Waals surface area (Å²) in [6, 6.07) is 0.827. The fourth-order valence-corrected chi connectivity index (χ4v) is 5.30. The van der Waals surface area contributed by atoms with Crippen LogP contribution in [0.15, 0.2) is 4.99 Å². The summed E-state index contributed by atoms with van der Waals surface area (Å²) in [6.07, 6.45) is 7.02. The molecule has 8 heteroatoms. The molecule has 3 atom stereocenters. The Bertz CT molecular complexity index is 602. The van der Waals surface area contributed by atoms with Crippen molar-refractivity contribution in [2.75, 3.05) is 64.5 Å². The number of ether oxygens (including phenoxy) is 1. The Hall–Kier alpha value is -0.860. The molecule has 3 unspecified atom stereocenters. The van der Waals surface area contributed by atoms with Crippen LogP contribution in [-0.4, -0.2) is 94.7 Å². The zero-order valence-corrected chi connectivity index (χ0v) is 17.7. The molecule has 0 spiro atoms. The number of nitrogens with zero attached hydrogens (tertiary/aromatic N) is 3. The molecule has 3 rings (SSSR count). The molecule has 2 saturated carbocycles. The van der Waals surface area contributed by atoms with Crippen LogP contribution in [-0.2, 0) is 14.6 Å². The van der Waals surface area contributed by atoms with Crippen LogP contribution in [0.1, 0.15) is 32.6 Å². The van der Waals surface area contributed by atoms with Gasteiger partial charge in [0.05, 0.1) is 25.5 Å². The highest BCUT2D eigenvalue weighted by Crippen LogP contribution is 2.46. The fourth-order valence-electron chi connectivity index (χ4n) is 4.88. The quantitative estimate of drug-likeness (QED) is 0.369. The van der Waals surface area contributed by atoms with Gasteiger partial charge in [-0.05, 0) is 38.0 Å². The third kappa shape index (κ3) is 6.06. The first-order valence-electron chi connectivity index (χ1n) is 10.5. The second kappa shape index (κ2) is 9.56. The van der Waals surface area contributed by atoms with Crippen LogP contribution in [0.3, 0.4) is 0 Å². The Morgan fingerprint density at radius 3 is 2.52 bits per heavy atom. The average Bonchev–Trinajstić information content (AvgIpc) is 3.26. The van der Waals surface area contributed by atoms with Gasteiger partial charge >= 0.3 is 0 Å². The van der Waals surface area contributed by atoms with Crippen molar-refractivity contribution in [3.8, 4) is 0 Å². The van der Waals surface area contributed by atoms with Gasteiger partial charge in [0, 0.05) is 45.0 Å². The molecule has 27 heavy (non-hydrogen) atoms. The van der Waals surface area contributed by atoms with E-state index in [0.717, 1.165) is 56.6 Å². The van der Waals surface area contributed by atoms with Gasteiger partial charge in [-0.3, -0.25) is 9.89 Å². The Labute approximate surface area is 164 Å². The van der Waals surface area contributed by atoms with Gasteiger partial charge < -0.3 is 15.0 Å².